The molecule has 1 aliphatic rings. The molecule has 1 heterocycles. The molecule has 0 saturated carbocycles. The number of rotatable bonds is 2. The molecule has 1 nitrogen and oxygen atoms in total. The van der Waals surface area contributed by atoms with Crippen LogP contribution in [0.25, 0.3) is 0 Å². The summed E-state index contributed by atoms with van der Waals surface area (Å²) in [5.41, 5.74) is 0.810. The van der Waals surface area contributed by atoms with Gasteiger partial charge in [-0.05, 0) is 49.5 Å². The van der Waals surface area contributed by atoms with Gasteiger partial charge in [0.15, 0.2) is 0 Å². The maximum Gasteiger partial charge on any atom is 0.128 e. The number of halogens is 2. The van der Waals surface area contributed by atoms with Crippen LogP contribution in [-0.2, 0) is 0 Å². The zero-order valence-corrected chi connectivity index (χ0v) is 10.1. The molecule has 1 aromatic carbocycles. The quantitative estimate of drug-likeness (QED) is 0.869. The second-order valence-corrected chi connectivity index (χ2v) is 4.96. The monoisotopic (exact) mass is 271 g/mol. The van der Waals surface area contributed by atoms with Gasteiger partial charge in [-0.15, -0.1) is 0 Å². The average Bonchev–Trinajstić information content (AvgIpc) is 2.30. The number of nitrogens with one attached hydrogen (secondary N) is 1. The molecule has 82 valence electrons. The van der Waals surface area contributed by atoms with Crippen molar-refractivity contribution in [1.82, 2.24) is 5.32 Å². The van der Waals surface area contributed by atoms with Crippen LogP contribution < -0.4 is 5.32 Å². The van der Waals surface area contributed by atoms with Crippen molar-refractivity contribution in [3.8, 4) is 0 Å². The van der Waals surface area contributed by atoms with Crippen LogP contribution in [0.2, 0.25) is 0 Å². The molecule has 1 N–H and O–H groups in total. The Labute approximate surface area is 98.2 Å². The lowest BCUT2D eigenvalue weighted by atomic mass is 9.89. The second kappa shape index (κ2) is 5.08. The molecule has 0 bridgehead atoms. The molecule has 0 aliphatic carbocycles. The normalized spacial score (nSPS) is 20.1. The average molecular weight is 272 g/mol. The van der Waals surface area contributed by atoms with Gasteiger partial charge in [-0.2, -0.15) is 0 Å². The zero-order chi connectivity index (χ0) is 10.7. The first-order valence-corrected chi connectivity index (χ1v) is 6.17. The van der Waals surface area contributed by atoms with Crippen molar-refractivity contribution in [3.05, 3.63) is 34.3 Å². The van der Waals surface area contributed by atoms with Crippen molar-refractivity contribution >= 4 is 15.9 Å². The summed E-state index contributed by atoms with van der Waals surface area (Å²) in [6, 6.07) is 7.56. The highest BCUT2D eigenvalue weighted by Gasteiger charge is 2.24. The Morgan fingerprint density at radius 3 is 2.40 bits per heavy atom. The third-order valence-corrected chi connectivity index (χ3v) is 3.51. The Hall–Kier alpha value is -0.410. The van der Waals surface area contributed by atoms with Crippen LogP contribution >= 0.6 is 15.9 Å². The summed E-state index contributed by atoms with van der Waals surface area (Å²) in [4.78, 5) is 0. The number of benzene rings is 1. The Balaban J connectivity index is 2.05. The predicted octanol–water partition coefficient (Wildman–Crippen LogP) is 3.46. The lowest BCUT2D eigenvalue weighted by molar-refractivity contribution is 0.190. The Bertz CT molecular complexity index is 306. The first-order chi connectivity index (χ1) is 7.27. The predicted molar refractivity (Wildman–Crippen MR) is 63.6 cm³/mol. The van der Waals surface area contributed by atoms with Crippen LogP contribution in [-0.4, -0.2) is 13.1 Å². The van der Waals surface area contributed by atoms with Gasteiger partial charge in [0, 0.05) is 4.47 Å². The first-order valence-electron chi connectivity index (χ1n) is 5.37. The van der Waals surface area contributed by atoms with E-state index < -0.39 is 6.17 Å². The fourth-order valence-corrected chi connectivity index (χ4v) is 2.32. The van der Waals surface area contributed by atoms with E-state index in [2.05, 4.69) is 21.2 Å². The molecule has 1 aromatic rings. The van der Waals surface area contributed by atoms with Gasteiger partial charge in [0.05, 0.1) is 0 Å². The molecular weight excluding hydrogens is 257 g/mol. The standard InChI is InChI=1S/C12H15BrFN/c13-11-3-1-9(2-4-11)12(14)10-5-7-15-8-6-10/h1-4,10,12,15H,5-8H2. The van der Waals surface area contributed by atoms with Crippen molar-refractivity contribution in [2.45, 2.75) is 19.0 Å². The van der Waals surface area contributed by atoms with Crippen LogP contribution in [0.5, 0.6) is 0 Å². The van der Waals surface area contributed by atoms with Crippen LogP contribution in [0.4, 0.5) is 4.39 Å². The van der Waals surface area contributed by atoms with Gasteiger partial charge in [-0.25, -0.2) is 4.39 Å². The van der Waals surface area contributed by atoms with E-state index in [1.165, 1.54) is 0 Å². The molecule has 1 fully saturated rings. The van der Waals surface area contributed by atoms with E-state index in [4.69, 9.17) is 0 Å². The van der Waals surface area contributed by atoms with Crippen LogP contribution in [0.1, 0.15) is 24.6 Å². The Morgan fingerprint density at radius 2 is 1.80 bits per heavy atom. The van der Waals surface area contributed by atoms with Crippen molar-refractivity contribution in [1.29, 1.82) is 0 Å². The second-order valence-electron chi connectivity index (χ2n) is 4.04. The molecule has 1 atom stereocenters. The van der Waals surface area contributed by atoms with E-state index in [-0.39, 0.29) is 5.92 Å². The minimum Gasteiger partial charge on any atom is -0.317 e. The molecular formula is C12H15BrFN. The highest BCUT2D eigenvalue weighted by molar-refractivity contribution is 9.10. The first kappa shape index (κ1) is 11.1. The van der Waals surface area contributed by atoms with Crippen LogP contribution in [0, 0.1) is 5.92 Å². The molecule has 1 unspecified atom stereocenters. The number of piperidine rings is 1. The van der Waals surface area contributed by atoms with E-state index in [0.717, 1.165) is 36.0 Å². The van der Waals surface area contributed by atoms with Crippen molar-refractivity contribution in [2.24, 2.45) is 5.92 Å². The lowest BCUT2D eigenvalue weighted by Crippen LogP contribution is -2.29. The lowest BCUT2D eigenvalue weighted by Gasteiger charge is -2.25. The molecule has 1 aliphatic heterocycles. The topological polar surface area (TPSA) is 12.0 Å². The van der Waals surface area contributed by atoms with Crippen LogP contribution in [0.15, 0.2) is 28.7 Å². The number of alkyl halides is 1. The molecule has 0 spiro atoms. The third-order valence-electron chi connectivity index (χ3n) is 2.99. The summed E-state index contributed by atoms with van der Waals surface area (Å²) in [5.74, 6) is 0.187. The fourth-order valence-electron chi connectivity index (χ4n) is 2.06. The van der Waals surface area contributed by atoms with Gasteiger partial charge in [0.1, 0.15) is 6.17 Å². The van der Waals surface area contributed by atoms with Gasteiger partial charge in [-0.3, -0.25) is 0 Å². The summed E-state index contributed by atoms with van der Waals surface area (Å²) < 4.78 is 15.1. The smallest absolute Gasteiger partial charge is 0.128 e. The number of hydrogen-bond donors (Lipinski definition) is 1. The summed E-state index contributed by atoms with van der Waals surface area (Å²) in [5, 5.41) is 3.26. The van der Waals surface area contributed by atoms with Crippen molar-refractivity contribution < 1.29 is 4.39 Å². The Kier molecular flexibility index (Phi) is 3.76. The fraction of sp³-hybridized carbons (Fsp3) is 0.500. The highest BCUT2D eigenvalue weighted by Crippen LogP contribution is 2.32. The molecule has 0 aromatic heterocycles. The van der Waals surface area contributed by atoms with Gasteiger partial charge < -0.3 is 5.32 Å². The van der Waals surface area contributed by atoms with E-state index in [1.807, 2.05) is 24.3 Å². The van der Waals surface area contributed by atoms with E-state index in [0.29, 0.717) is 0 Å². The minimum absolute atomic E-state index is 0.187. The largest absolute Gasteiger partial charge is 0.317 e. The Morgan fingerprint density at radius 1 is 1.20 bits per heavy atom. The number of hydrogen-bond acceptors (Lipinski definition) is 1. The molecule has 2 rings (SSSR count). The third kappa shape index (κ3) is 2.79. The van der Waals surface area contributed by atoms with Crippen LogP contribution in [0.3, 0.4) is 0 Å². The maximum atomic E-state index is 14.1. The maximum absolute atomic E-state index is 14.1. The SMILES string of the molecule is FC(c1ccc(Br)cc1)C1CCNCC1. The molecule has 1 saturated heterocycles. The summed E-state index contributed by atoms with van der Waals surface area (Å²) in [6.07, 6.45) is 1.08. The summed E-state index contributed by atoms with van der Waals surface area (Å²) >= 11 is 3.36. The highest BCUT2D eigenvalue weighted by atomic mass is 79.9. The molecule has 0 radical (unpaired) electrons. The van der Waals surface area contributed by atoms with Gasteiger partial charge in [0.2, 0.25) is 0 Å². The molecule has 15 heavy (non-hydrogen) atoms. The van der Waals surface area contributed by atoms with Crippen molar-refractivity contribution in [3.63, 3.8) is 0 Å². The summed E-state index contributed by atoms with van der Waals surface area (Å²) in [7, 11) is 0. The van der Waals surface area contributed by atoms with Gasteiger partial charge >= 0.3 is 0 Å². The van der Waals surface area contributed by atoms with Crippen molar-refractivity contribution in [2.75, 3.05) is 13.1 Å². The van der Waals surface area contributed by atoms with Gasteiger partial charge in [-0.1, -0.05) is 28.1 Å². The molecule has 3 heteroatoms. The van der Waals surface area contributed by atoms with E-state index in [9.17, 15) is 4.39 Å². The minimum atomic E-state index is -0.805. The summed E-state index contributed by atoms with van der Waals surface area (Å²) in [6.45, 7) is 1.89. The zero-order valence-electron chi connectivity index (χ0n) is 8.55. The molecule has 0 amide bonds. The van der Waals surface area contributed by atoms with E-state index in [1.54, 1.807) is 0 Å². The van der Waals surface area contributed by atoms with Gasteiger partial charge in [0.25, 0.3) is 0 Å². The van der Waals surface area contributed by atoms with E-state index >= 15 is 0 Å².